The fourth-order valence-electron chi connectivity index (χ4n) is 1.89. The van der Waals surface area contributed by atoms with Crippen LogP contribution in [0.15, 0.2) is 46.9 Å². The first-order chi connectivity index (χ1) is 11.1. The Kier molecular flexibility index (Phi) is 6.07. The number of benzene rings is 2. The van der Waals surface area contributed by atoms with Crippen molar-refractivity contribution in [2.75, 3.05) is 13.7 Å². The van der Waals surface area contributed by atoms with E-state index in [1.807, 2.05) is 24.3 Å². The lowest BCUT2D eigenvalue weighted by molar-refractivity contribution is 0.0556. The summed E-state index contributed by atoms with van der Waals surface area (Å²) in [5, 5.41) is 0. The lowest BCUT2D eigenvalue weighted by Crippen LogP contribution is -2.06. The molecular formula is C18H15BrO4. The van der Waals surface area contributed by atoms with Gasteiger partial charge in [-0.25, -0.2) is 4.79 Å². The topological polar surface area (TPSA) is 44.8 Å². The highest BCUT2D eigenvalue weighted by Gasteiger charge is 2.12. The third-order valence-electron chi connectivity index (χ3n) is 2.97. The molecule has 0 N–H and O–H groups in total. The third-order valence-corrected chi connectivity index (χ3v) is 3.46. The number of hydrogen-bond acceptors (Lipinski definition) is 4. The summed E-state index contributed by atoms with van der Waals surface area (Å²) in [5.41, 5.74) is 1.34. The van der Waals surface area contributed by atoms with Gasteiger partial charge in [0.05, 0.1) is 12.7 Å². The maximum absolute atomic E-state index is 11.9. The standard InChI is InChI=1S/C18H15BrO4/c1-3-9-22-18(20)14-7-8-16(21-2)17(11-14)23-12-13-5-4-6-15(19)10-13/h1,4-8,10-11H,9,12H2,2H3. The number of carbonyl (C=O) groups excluding carboxylic acids is 1. The smallest absolute Gasteiger partial charge is 0.339 e. The van der Waals surface area contributed by atoms with E-state index in [-0.39, 0.29) is 6.61 Å². The average molecular weight is 375 g/mol. The van der Waals surface area contributed by atoms with Crippen LogP contribution in [0.25, 0.3) is 0 Å². The fourth-order valence-corrected chi connectivity index (χ4v) is 2.34. The van der Waals surface area contributed by atoms with Gasteiger partial charge in [0.1, 0.15) is 6.61 Å². The number of ether oxygens (including phenoxy) is 3. The second-order valence-electron chi connectivity index (χ2n) is 4.56. The van der Waals surface area contributed by atoms with E-state index in [1.54, 1.807) is 18.2 Å². The molecule has 0 radical (unpaired) electrons. The van der Waals surface area contributed by atoms with Crippen molar-refractivity contribution in [1.82, 2.24) is 0 Å². The number of terminal acetylenes is 1. The van der Waals surface area contributed by atoms with Crippen LogP contribution in [-0.2, 0) is 11.3 Å². The van der Waals surface area contributed by atoms with Crippen LogP contribution in [-0.4, -0.2) is 19.7 Å². The van der Waals surface area contributed by atoms with Crippen LogP contribution in [0, 0.1) is 12.3 Å². The number of esters is 1. The van der Waals surface area contributed by atoms with Crippen molar-refractivity contribution in [2.45, 2.75) is 6.61 Å². The van der Waals surface area contributed by atoms with Gasteiger partial charge in [-0.05, 0) is 35.9 Å². The average Bonchev–Trinajstić information content (AvgIpc) is 2.57. The molecule has 2 aromatic rings. The van der Waals surface area contributed by atoms with Crippen LogP contribution in [0.1, 0.15) is 15.9 Å². The zero-order valence-electron chi connectivity index (χ0n) is 12.5. The summed E-state index contributed by atoms with van der Waals surface area (Å²) >= 11 is 3.41. The van der Waals surface area contributed by atoms with Crippen molar-refractivity contribution in [3.05, 3.63) is 58.1 Å². The molecular weight excluding hydrogens is 360 g/mol. The van der Waals surface area contributed by atoms with Gasteiger partial charge in [0.2, 0.25) is 0 Å². The summed E-state index contributed by atoms with van der Waals surface area (Å²) in [4.78, 5) is 11.9. The lowest BCUT2D eigenvalue weighted by Gasteiger charge is -2.12. The van der Waals surface area contributed by atoms with Gasteiger partial charge in [-0.1, -0.05) is 34.0 Å². The van der Waals surface area contributed by atoms with Crippen LogP contribution in [0.4, 0.5) is 0 Å². The molecule has 23 heavy (non-hydrogen) atoms. The Labute approximate surface area is 143 Å². The van der Waals surface area contributed by atoms with Crippen molar-refractivity contribution in [2.24, 2.45) is 0 Å². The molecule has 5 heteroatoms. The van der Waals surface area contributed by atoms with E-state index in [0.717, 1.165) is 10.0 Å². The Morgan fingerprint density at radius 2 is 2.04 bits per heavy atom. The van der Waals surface area contributed by atoms with E-state index in [1.165, 1.54) is 7.11 Å². The highest BCUT2D eigenvalue weighted by atomic mass is 79.9. The molecule has 0 spiro atoms. The number of hydrogen-bond donors (Lipinski definition) is 0. The van der Waals surface area contributed by atoms with E-state index in [0.29, 0.717) is 23.7 Å². The summed E-state index contributed by atoms with van der Waals surface area (Å²) in [7, 11) is 1.54. The third kappa shape index (κ3) is 4.76. The fraction of sp³-hybridized carbons (Fsp3) is 0.167. The molecule has 0 heterocycles. The summed E-state index contributed by atoms with van der Waals surface area (Å²) in [6.07, 6.45) is 5.08. The van der Waals surface area contributed by atoms with Crippen LogP contribution in [0.3, 0.4) is 0 Å². The van der Waals surface area contributed by atoms with Crippen molar-refractivity contribution in [3.8, 4) is 23.8 Å². The van der Waals surface area contributed by atoms with Gasteiger partial charge in [0.15, 0.2) is 18.1 Å². The summed E-state index contributed by atoms with van der Waals surface area (Å²) in [6, 6.07) is 12.6. The number of rotatable bonds is 6. The van der Waals surface area contributed by atoms with Gasteiger partial charge >= 0.3 is 5.97 Å². The van der Waals surface area contributed by atoms with Crippen molar-refractivity contribution in [1.29, 1.82) is 0 Å². The molecule has 0 amide bonds. The van der Waals surface area contributed by atoms with Gasteiger partial charge in [-0.3, -0.25) is 0 Å². The summed E-state index contributed by atoms with van der Waals surface area (Å²) in [6.45, 7) is 0.276. The number of halogens is 1. The van der Waals surface area contributed by atoms with Crippen molar-refractivity contribution >= 4 is 21.9 Å². The monoisotopic (exact) mass is 374 g/mol. The summed E-state index contributed by atoms with van der Waals surface area (Å²) < 4.78 is 16.9. The lowest BCUT2D eigenvalue weighted by atomic mass is 10.2. The molecule has 0 bridgehead atoms. The maximum atomic E-state index is 11.9. The van der Waals surface area contributed by atoms with Crippen LogP contribution in [0.5, 0.6) is 11.5 Å². The number of carbonyl (C=O) groups is 1. The Morgan fingerprint density at radius 3 is 2.74 bits per heavy atom. The van der Waals surface area contributed by atoms with Crippen LogP contribution >= 0.6 is 15.9 Å². The highest BCUT2D eigenvalue weighted by Crippen LogP contribution is 2.29. The normalized spacial score (nSPS) is 9.78. The molecule has 0 aliphatic carbocycles. The highest BCUT2D eigenvalue weighted by molar-refractivity contribution is 9.10. The first-order valence-electron chi connectivity index (χ1n) is 6.80. The van der Waals surface area contributed by atoms with Gasteiger partial charge in [0.25, 0.3) is 0 Å². The Balaban J connectivity index is 2.15. The van der Waals surface area contributed by atoms with Crippen LogP contribution in [0.2, 0.25) is 0 Å². The Morgan fingerprint density at radius 1 is 1.22 bits per heavy atom. The molecule has 2 aromatic carbocycles. The van der Waals surface area contributed by atoms with Gasteiger partial charge in [-0.15, -0.1) is 6.42 Å². The van der Waals surface area contributed by atoms with E-state index in [4.69, 9.17) is 20.6 Å². The minimum atomic E-state index is -0.502. The van der Waals surface area contributed by atoms with Gasteiger partial charge in [-0.2, -0.15) is 0 Å². The predicted octanol–water partition coefficient (Wildman–Crippen LogP) is 3.83. The van der Waals surface area contributed by atoms with Gasteiger partial charge in [0, 0.05) is 4.47 Å². The molecule has 2 rings (SSSR count). The Hall–Kier alpha value is -2.45. The predicted molar refractivity (Wildman–Crippen MR) is 90.6 cm³/mol. The van der Waals surface area contributed by atoms with E-state index >= 15 is 0 Å². The minimum Gasteiger partial charge on any atom is -0.493 e. The number of methoxy groups -OCH3 is 1. The van der Waals surface area contributed by atoms with E-state index in [2.05, 4.69) is 21.9 Å². The molecule has 0 aliphatic heterocycles. The zero-order chi connectivity index (χ0) is 16.7. The Bertz CT molecular complexity index is 734. The zero-order valence-corrected chi connectivity index (χ0v) is 14.1. The van der Waals surface area contributed by atoms with Crippen molar-refractivity contribution in [3.63, 3.8) is 0 Å². The van der Waals surface area contributed by atoms with Crippen molar-refractivity contribution < 1.29 is 19.0 Å². The molecule has 0 fully saturated rings. The molecule has 0 saturated carbocycles. The molecule has 118 valence electrons. The summed E-state index contributed by atoms with van der Waals surface area (Å²) in [5.74, 6) is 2.75. The maximum Gasteiger partial charge on any atom is 0.339 e. The quantitative estimate of drug-likeness (QED) is 0.569. The largest absolute Gasteiger partial charge is 0.493 e. The van der Waals surface area contributed by atoms with E-state index < -0.39 is 5.97 Å². The first kappa shape index (κ1) is 16.9. The molecule has 0 aliphatic rings. The SMILES string of the molecule is C#CCOC(=O)c1ccc(OC)c(OCc2cccc(Br)c2)c1. The molecule has 4 nitrogen and oxygen atoms in total. The first-order valence-corrected chi connectivity index (χ1v) is 7.59. The molecule has 0 atom stereocenters. The second kappa shape index (κ2) is 8.25. The molecule has 0 unspecified atom stereocenters. The molecule has 0 saturated heterocycles. The minimum absolute atomic E-state index is 0.0703. The molecule has 0 aromatic heterocycles. The van der Waals surface area contributed by atoms with Crippen LogP contribution < -0.4 is 9.47 Å². The van der Waals surface area contributed by atoms with Gasteiger partial charge < -0.3 is 14.2 Å². The second-order valence-corrected chi connectivity index (χ2v) is 5.48. The van der Waals surface area contributed by atoms with E-state index in [9.17, 15) is 4.79 Å².